The predicted molar refractivity (Wildman–Crippen MR) is 95.6 cm³/mol. The van der Waals surface area contributed by atoms with E-state index in [2.05, 4.69) is 12.2 Å². The highest BCUT2D eigenvalue weighted by atomic mass is 35.5. The quantitative estimate of drug-likeness (QED) is 0.454. The number of halogens is 3. The first-order valence-corrected chi connectivity index (χ1v) is 8.33. The fourth-order valence-electron chi connectivity index (χ4n) is 1.89. The lowest BCUT2D eigenvalue weighted by molar-refractivity contribution is 0.309. The maximum atomic E-state index is 6.14. The molecule has 0 saturated carbocycles. The molecule has 0 spiro atoms. The molecule has 118 valence electrons. The van der Waals surface area contributed by atoms with E-state index in [-0.39, 0.29) is 0 Å². The highest BCUT2D eigenvalue weighted by Gasteiger charge is 2.05. The van der Waals surface area contributed by atoms with Gasteiger partial charge in [-0.3, -0.25) is 0 Å². The molecule has 2 nitrogen and oxygen atoms in total. The number of ether oxygens (including phenoxy) is 1. The molecule has 1 N–H and O–H groups in total. The van der Waals surface area contributed by atoms with Gasteiger partial charge in [0.25, 0.3) is 0 Å². The third-order valence-corrected chi connectivity index (χ3v) is 4.22. The van der Waals surface area contributed by atoms with Crippen molar-refractivity contribution < 1.29 is 4.74 Å². The van der Waals surface area contributed by atoms with E-state index >= 15 is 0 Å². The number of benzene rings is 2. The maximum absolute atomic E-state index is 6.14. The summed E-state index contributed by atoms with van der Waals surface area (Å²) in [6, 6.07) is 11.4. The monoisotopic (exact) mass is 357 g/mol. The van der Waals surface area contributed by atoms with Crippen LogP contribution in [0.15, 0.2) is 36.4 Å². The van der Waals surface area contributed by atoms with Crippen LogP contribution in [0.2, 0.25) is 15.1 Å². The number of hydrogen-bond acceptors (Lipinski definition) is 2. The minimum atomic E-state index is 0.450. The van der Waals surface area contributed by atoms with Gasteiger partial charge in [0.05, 0.1) is 27.4 Å². The molecule has 0 fully saturated rings. The summed E-state index contributed by atoms with van der Waals surface area (Å²) in [6.45, 7) is 3.55. The Labute approximate surface area is 146 Å². The van der Waals surface area contributed by atoms with Crippen molar-refractivity contribution in [2.45, 2.75) is 26.3 Å². The van der Waals surface area contributed by atoms with E-state index in [1.807, 2.05) is 24.3 Å². The van der Waals surface area contributed by atoms with Gasteiger partial charge in [-0.2, -0.15) is 0 Å². The van der Waals surface area contributed by atoms with Crippen LogP contribution in [0.5, 0.6) is 5.75 Å². The second kappa shape index (κ2) is 8.52. The highest BCUT2D eigenvalue weighted by molar-refractivity contribution is 6.44. The number of anilines is 1. The van der Waals surface area contributed by atoms with Crippen LogP contribution in [0.3, 0.4) is 0 Å². The molecule has 2 rings (SSSR count). The normalized spacial score (nSPS) is 10.5. The van der Waals surface area contributed by atoms with Crippen molar-refractivity contribution in [3.05, 3.63) is 57.0 Å². The Morgan fingerprint density at radius 2 is 1.64 bits per heavy atom. The van der Waals surface area contributed by atoms with Crippen molar-refractivity contribution in [3.63, 3.8) is 0 Å². The Hall–Kier alpha value is -1.09. The van der Waals surface area contributed by atoms with Gasteiger partial charge >= 0.3 is 0 Å². The van der Waals surface area contributed by atoms with Crippen LogP contribution < -0.4 is 10.1 Å². The zero-order chi connectivity index (χ0) is 15.9. The molecule has 0 saturated heterocycles. The summed E-state index contributed by atoms with van der Waals surface area (Å²) in [4.78, 5) is 0. The average molecular weight is 359 g/mol. The third kappa shape index (κ3) is 4.98. The zero-order valence-corrected chi connectivity index (χ0v) is 14.6. The van der Waals surface area contributed by atoms with Crippen LogP contribution in [0.4, 0.5) is 5.69 Å². The molecule has 0 bridgehead atoms. The predicted octanol–water partition coefficient (Wildman–Crippen LogP) is 6.44. The van der Waals surface area contributed by atoms with Crippen molar-refractivity contribution in [3.8, 4) is 5.75 Å². The standard InChI is InChI=1S/C17H18Cl3NO/c1-2-3-8-22-13-6-4-12(5-7-13)11-21-17-10-15(19)14(18)9-16(17)20/h4-7,9-10,21H,2-3,8,11H2,1H3. The van der Waals surface area contributed by atoms with Gasteiger partial charge in [0.1, 0.15) is 5.75 Å². The van der Waals surface area contributed by atoms with Gasteiger partial charge in [0.2, 0.25) is 0 Å². The summed E-state index contributed by atoms with van der Waals surface area (Å²) in [6.07, 6.45) is 2.20. The summed E-state index contributed by atoms with van der Waals surface area (Å²) < 4.78 is 5.64. The van der Waals surface area contributed by atoms with Gasteiger partial charge in [0.15, 0.2) is 0 Å². The molecule has 2 aromatic carbocycles. The molecular weight excluding hydrogens is 341 g/mol. The van der Waals surface area contributed by atoms with Crippen molar-refractivity contribution in [2.24, 2.45) is 0 Å². The second-order valence-electron chi connectivity index (χ2n) is 4.95. The van der Waals surface area contributed by atoms with Crippen molar-refractivity contribution in [1.29, 1.82) is 0 Å². The third-order valence-electron chi connectivity index (χ3n) is 3.18. The zero-order valence-electron chi connectivity index (χ0n) is 12.3. The molecule has 5 heteroatoms. The van der Waals surface area contributed by atoms with Crippen molar-refractivity contribution in [2.75, 3.05) is 11.9 Å². The first kappa shape index (κ1) is 17.3. The lowest BCUT2D eigenvalue weighted by atomic mass is 10.2. The summed E-state index contributed by atoms with van der Waals surface area (Å²) in [5, 5.41) is 4.73. The van der Waals surface area contributed by atoms with Crippen LogP contribution in [0, 0.1) is 0 Å². The molecular formula is C17H18Cl3NO. The second-order valence-corrected chi connectivity index (χ2v) is 6.17. The Balaban J connectivity index is 1.93. The lowest BCUT2D eigenvalue weighted by Gasteiger charge is -2.11. The Bertz CT molecular complexity index is 614. The van der Waals surface area contributed by atoms with E-state index in [0.29, 0.717) is 21.6 Å². The van der Waals surface area contributed by atoms with Crippen LogP contribution in [-0.4, -0.2) is 6.61 Å². The fourth-order valence-corrected chi connectivity index (χ4v) is 2.51. The van der Waals surface area contributed by atoms with Crippen LogP contribution in [-0.2, 0) is 6.54 Å². The topological polar surface area (TPSA) is 21.3 Å². The van der Waals surface area contributed by atoms with E-state index < -0.39 is 0 Å². The smallest absolute Gasteiger partial charge is 0.119 e. The molecule has 0 aliphatic rings. The van der Waals surface area contributed by atoms with Gasteiger partial charge in [-0.05, 0) is 36.2 Å². The summed E-state index contributed by atoms with van der Waals surface area (Å²) in [5.41, 5.74) is 1.89. The molecule has 0 aliphatic carbocycles. The SMILES string of the molecule is CCCCOc1ccc(CNc2cc(Cl)c(Cl)cc2Cl)cc1. The molecule has 0 heterocycles. The van der Waals surface area contributed by atoms with E-state index in [4.69, 9.17) is 39.5 Å². The van der Waals surface area contributed by atoms with E-state index in [1.165, 1.54) is 0 Å². The minimum absolute atomic E-state index is 0.450. The van der Waals surface area contributed by atoms with Gasteiger partial charge in [-0.1, -0.05) is 60.3 Å². The van der Waals surface area contributed by atoms with Crippen molar-refractivity contribution >= 4 is 40.5 Å². The summed E-state index contributed by atoms with van der Waals surface area (Å²) in [5.74, 6) is 0.893. The Morgan fingerprint density at radius 1 is 0.955 bits per heavy atom. The van der Waals surface area contributed by atoms with Gasteiger partial charge in [-0.25, -0.2) is 0 Å². The first-order valence-electron chi connectivity index (χ1n) is 7.20. The van der Waals surface area contributed by atoms with E-state index in [0.717, 1.165) is 36.4 Å². The molecule has 0 amide bonds. The molecule has 2 aromatic rings. The van der Waals surface area contributed by atoms with Crippen LogP contribution in [0.1, 0.15) is 25.3 Å². The van der Waals surface area contributed by atoms with Gasteiger partial charge in [-0.15, -0.1) is 0 Å². The Morgan fingerprint density at radius 3 is 2.32 bits per heavy atom. The minimum Gasteiger partial charge on any atom is -0.494 e. The van der Waals surface area contributed by atoms with Crippen molar-refractivity contribution in [1.82, 2.24) is 0 Å². The average Bonchev–Trinajstić information content (AvgIpc) is 2.51. The van der Waals surface area contributed by atoms with Gasteiger partial charge < -0.3 is 10.1 Å². The number of unbranched alkanes of at least 4 members (excludes halogenated alkanes) is 1. The summed E-state index contributed by atoms with van der Waals surface area (Å²) in [7, 11) is 0. The molecule has 22 heavy (non-hydrogen) atoms. The Kier molecular flexibility index (Phi) is 6.69. The highest BCUT2D eigenvalue weighted by Crippen LogP contribution is 2.32. The van der Waals surface area contributed by atoms with E-state index in [1.54, 1.807) is 12.1 Å². The summed E-state index contributed by atoms with van der Waals surface area (Å²) >= 11 is 18.1. The molecule has 0 aromatic heterocycles. The van der Waals surface area contributed by atoms with Crippen LogP contribution in [0.25, 0.3) is 0 Å². The van der Waals surface area contributed by atoms with Crippen LogP contribution >= 0.6 is 34.8 Å². The molecule has 0 radical (unpaired) electrons. The largest absolute Gasteiger partial charge is 0.494 e. The molecule has 0 aliphatic heterocycles. The maximum Gasteiger partial charge on any atom is 0.119 e. The van der Waals surface area contributed by atoms with Gasteiger partial charge in [0, 0.05) is 6.54 Å². The first-order chi connectivity index (χ1) is 10.6. The number of hydrogen-bond donors (Lipinski definition) is 1. The molecule has 0 atom stereocenters. The van der Waals surface area contributed by atoms with E-state index in [9.17, 15) is 0 Å². The number of rotatable bonds is 7. The fraction of sp³-hybridized carbons (Fsp3) is 0.294. The lowest BCUT2D eigenvalue weighted by Crippen LogP contribution is -2.01. The molecule has 0 unspecified atom stereocenters. The number of nitrogens with one attached hydrogen (secondary N) is 1.